The highest BCUT2D eigenvalue weighted by molar-refractivity contribution is 5.94. The van der Waals surface area contributed by atoms with Crippen LogP contribution in [0.25, 0.3) is 6.08 Å². The molecule has 0 radical (unpaired) electrons. The standard InChI is InChI=1S/C20H22N2O3/c1-13-3-10-18(25-13)11-12-19(23)21-14(2)15-6-8-17(9-7-15)22-20(24)16-4-5-16/h3,6-12,14,16H,4-5H2,1-2H3,(H,21,23)(H,22,24)/b12-11+. The van der Waals surface area contributed by atoms with Gasteiger partial charge in [0.1, 0.15) is 11.5 Å². The highest BCUT2D eigenvalue weighted by Gasteiger charge is 2.29. The van der Waals surface area contributed by atoms with Crippen LogP contribution in [-0.2, 0) is 9.59 Å². The largest absolute Gasteiger partial charge is 0.462 e. The fourth-order valence-electron chi connectivity index (χ4n) is 2.49. The molecule has 5 nitrogen and oxygen atoms in total. The van der Waals surface area contributed by atoms with Crippen molar-refractivity contribution >= 4 is 23.6 Å². The van der Waals surface area contributed by atoms with E-state index in [1.807, 2.05) is 50.2 Å². The molecule has 1 atom stereocenters. The number of benzene rings is 1. The van der Waals surface area contributed by atoms with E-state index in [0.29, 0.717) is 5.76 Å². The smallest absolute Gasteiger partial charge is 0.244 e. The van der Waals surface area contributed by atoms with Gasteiger partial charge >= 0.3 is 0 Å². The molecule has 2 aromatic rings. The summed E-state index contributed by atoms with van der Waals surface area (Å²) in [6.45, 7) is 3.77. The maximum atomic E-state index is 12.0. The Morgan fingerprint density at radius 1 is 1.16 bits per heavy atom. The Balaban J connectivity index is 1.53. The average molecular weight is 338 g/mol. The molecular formula is C20H22N2O3. The van der Waals surface area contributed by atoms with Crippen molar-refractivity contribution < 1.29 is 14.0 Å². The molecule has 1 fully saturated rings. The van der Waals surface area contributed by atoms with Crippen molar-refractivity contribution in [2.24, 2.45) is 5.92 Å². The number of hydrogen-bond acceptors (Lipinski definition) is 3. The van der Waals surface area contributed by atoms with Crippen molar-refractivity contribution in [3.63, 3.8) is 0 Å². The van der Waals surface area contributed by atoms with Gasteiger partial charge in [0.05, 0.1) is 6.04 Å². The summed E-state index contributed by atoms with van der Waals surface area (Å²) in [5, 5.41) is 5.81. The van der Waals surface area contributed by atoms with Gasteiger partial charge in [-0.2, -0.15) is 0 Å². The molecule has 1 saturated carbocycles. The zero-order valence-corrected chi connectivity index (χ0v) is 14.4. The highest BCUT2D eigenvalue weighted by atomic mass is 16.3. The summed E-state index contributed by atoms with van der Waals surface area (Å²) in [6, 6.07) is 11.1. The van der Waals surface area contributed by atoms with Crippen LogP contribution in [0.2, 0.25) is 0 Å². The molecule has 5 heteroatoms. The number of rotatable bonds is 6. The van der Waals surface area contributed by atoms with Crippen molar-refractivity contribution in [2.75, 3.05) is 5.32 Å². The van der Waals surface area contributed by atoms with E-state index in [2.05, 4.69) is 10.6 Å². The van der Waals surface area contributed by atoms with Gasteiger partial charge in [0.2, 0.25) is 11.8 Å². The van der Waals surface area contributed by atoms with Crippen molar-refractivity contribution in [3.05, 3.63) is 59.6 Å². The lowest BCUT2D eigenvalue weighted by Crippen LogP contribution is -2.24. The second-order valence-corrected chi connectivity index (χ2v) is 6.40. The number of carbonyl (C=O) groups excluding carboxylic acids is 2. The fraction of sp³-hybridized carbons (Fsp3) is 0.300. The Bertz CT molecular complexity index is 786. The van der Waals surface area contributed by atoms with Gasteiger partial charge in [-0.15, -0.1) is 0 Å². The molecule has 0 aliphatic heterocycles. The van der Waals surface area contributed by atoms with Crippen LogP contribution in [0.3, 0.4) is 0 Å². The fourth-order valence-corrected chi connectivity index (χ4v) is 2.49. The van der Waals surface area contributed by atoms with Crippen molar-refractivity contribution in [1.82, 2.24) is 5.32 Å². The quantitative estimate of drug-likeness (QED) is 0.786. The lowest BCUT2D eigenvalue weighted by Gasteiger charge is -2.14. The molecular weight excluding hydrogens is 316 g/mol. The summed E-state index contributed by atoms with van der Waals surface area (Å²) in [6.07, 6.45) is 5.07. The van der Waals surface area contributed by atoms with Crippen LogP contribution in [-0.4, -0.2) is 11.8 Å². The molecule has 2 N–H and O–H groups in total. The molecule has 1 aromatic heterocycles. The van der Waals surface area contributed by atoms with Gasteiger partial charge in [0.25, 0.3) is 0 Å². The first kappa shape index (κ1) is 17.0. The molecule has 3 rings (SSSR count). The second kappa shape index (κ2) is 7.38. The van der Waals surface area contributed by atoms with Crippen molar-refractivity contribution in [2.45, 2.75) is 32.7 Å². The van der Waals surface area contributed by atoms with E-state index in [1.165, 1.54) is 6.08 Å². The van der Waals surface area contributed by atoms with Crippen molar-refractivity contribution in [1.29, 1.82) is 0 Å². The van der Waals surface area contributed by atoms with Crippen molar-refractivity contribution in [3.8, 4) is 0 Å². The Hall–Kier alpha value is -2.82. The monoisotopic (exact) mass is 338 g/mol. The third-order valence-corrected chi connectivity index (χ3v) is 4.15. The lowest BCUT2D eigenvalue weighted by molar-refractivity contribution is -0.118. The first-order chi connectivity index (χ1) is 12.0. The normalized spacial score (nSPS) is 15.1. The Morgan fingerprint density at radius 3 is 2.48 bits per heavy atom. The van der Waals surface area contributed by atoms with E-state index in [4.69, 9.17) is 4.42 Å². The number of nitrogens with one attached hydrogen (secondary N) is 2. The van der Waals surface area contributed by atoms with E-state index in [-0.39, 0.29) is 23.8 Å². The second-order valence-electron chi connectivity index (χ2n) is 6.40. The van der Waals surface area contributed by atoms with Gasteiger partial charge in [-0.3, -0.25) is 9.59 Å². The number of amides is 2. The minimum atomic E-state index is -0.187. The van der Waals surface area contributed by atoms with E-state index >= 15 is 0 Å². The van der Waals surface area contributed by atoms with E-state index < -0.39 is 0 Å². The summed E-state index contributed by atoms with van der Waals surface area (Å²) in [7, 11) is 0. The first-order valence-electron chi connectivity index (χ1n) is 8.47. The van der Waals surface area contributed by atoms with Gasteiger partial charge in [-0.05, 0) is 62.6 Å². The Kier molecular flexibility index (Phi) is 5.03. The summed E-state index contributed by atoms with van der Waals surface area (Å²) in [5.41, 5.74) is 1.76. The third-order valence-electron chi connectivity index (χ3n) is 4.15. The van der Waals surface area contributed by atoms with Gasteiger partial charge in [0, 0.05) is 17.7 Å². The summed E-state index contributed by atoms with van der Waals surface area (Å²) in [4.78, 5) is 23.8. The number of furan rings is 1. The van der Waals surface area contributed by atoms with Gasteiger partial charge in [-0.25, -0.2) is 0 Å². The summed E-state index contributed by atoms with van der Waals surface area (Å²) >= 11 is 0. The molecule has 25 heavy (non-hydrogen) atoms. The van der Waals surface area contributed by atoms with Crippen LogP contribution < -0.4 is 10.6 Å². The maximum absolute atomic E-state index is 12.0. The minimum absolute atomic E-state index is 0.0902. The van der Waals surface area contributed by atoms with Crippen LogP contribution >= 0.6 is 0 Å². The van der Waals surface area contributed by atoms with Gasteiger partial charge in [-0.1, -0.05) is 12.1 Å². The molecule has 1 unspecified atom stereocenters. The molecule has 0 bridgehead atoms. The van der Waals surface area contributed by atoms with Crippen LogP contribution in [0.15, 0.2) is 46.9 Å². The summed E-state index contributed by atoms with van der Waals surface area (Å²) in [5.74, 6) is 1.54. The van der Waals surface area contributed by atoms with Crippen LogP contribution in [0, 0.1) is 12.8 Å². The molecule has 1 heterocycles. The molecule has 0 saturated heterocycles. The highest BCUT2D eigenvalue weighted by Crippen LogP contribution is 2.30. The number of hydrogen-bond donors (Lipinski definition) is 2. The van der Waals surface area contributed by atoms with E-state index in [1.54, 1.807) is 6.08 Å². The minimum Gasteiger partial charge on any atom is -0.462 e. The van der Waals surface area contributed by atoms with Crippen LogP contribution in [0.5, 0.6) is 0 Å². The van der Waals surface area contributed by atoms with Crippen LogP contribution in [0.1, 0.15) is 42.9 Å². The zero-order chi connectivity index (χ0) is 17.8. The molecule has 1 aliphatic carbocycles. The lowest BCUT2D eigenvalue weighted by atomic mass is 10.1. The molecule has 1 aromatic carbocycles. The van der Waals surface area contributed by atoms with E-state index in [9.17, 15) is 9.59 Å². The number of anilines is 1. The van der Waals surface area contributed by atoms with E-state index in [0.717, 1.165) is 29.9 Å². The summed E-state index contributed by atoms with van der Waals surface area (Å²) < 4.78 is 5.39. The average Bonchev–Trinajstić information content (AvgIpc) is 3.36. The predicted molar refractivity (Wildman–Crippen MR) is 96.8 cm³/mol. The zero-order valence-electron chi connectivity index (χ0n) is 14.4. The number of carbonyl (C=O) groups is 2. The molecule has 130 valence electrons. The third kappa shape index (κ3) is 4.83. The van der Waals surface area contributed by atoms with Gasteiger partial charge in [0.15, 0.2) is 0 Å². The Labute approximate surface area is 147 Å². The molecule has 0 spiro atoms. The Morgan fingerprint density at radius 2 is 1.88 bits per heavy atom. The first-order valence-corrected chi connectivity index (χ1v) is 8.47. The van der Waals surface area contributed by atoms with Crippen LogP contribution in [0.4, 0.5) is 5.69 Å². The SMILES string of the molecule is Cc1ccc(/C=C/C(=O)NC(C)c2ccc(NC(=O)C3CC3)cc2)o1. The predicted octanol–water partition coefficient (Wildman–Crippen LogP) is 3.83. The topological polar surface area (TPSA) is 71.3 Å². The molecule has 2 amide bonds. The molecule has 1 aliphatic rings. The number of aryl methyl sites for hydroxylation is 1. The van der Waals surface area contributed by atoms with Gasteiger partial charge < -0.3 is 15.1 Å². The maximum Gasteiger partial charge on any atom is 0.244 e.